The van der Waals surface area contributed by atoms with Gasteiger partial charge in [-0.25, -0.2) is 0 Å². The number of methoxy groups -OCH3 is 1. The van der Waals surface area contributed by atoms with Crippen molar-refractivity contribution in [3.8, 4) is 5.75 Å². The third kappa shape index (κ3) is 3.62. The zero-order chi connectivity index (χ0) is 12.8. The summed E-state index contributed by atoms with van der Waals surface area (Å²) >= 11 is 0. The molecule has 1 aliphatic heterocycles. The number of allylic oxidation sites excluding steroid dienone is 1. The Morgan fingerprint density at radius 2 is 1.83 bits per heavy atom. The number of carbonyl (C=O) groups excluding carboxylic acids is 1. The average Bonchev–Trinajstić information content (AvgIpc) is 2.36. The molecule has 0 aliphatic carbocycles. The van der Waals surface area contributed by atoms with E-state index in [-0.39, 0.29) is 5.97 Å². The summed E-state index contributed by atoms with van der Waals surface area (Å²) in [7, 11) is 1.64. The van der Waals surface area contributed by atoms with E-state index in [0.29, 0.717) is 6.42 Å². The van der Waals surface area contributed by atoms with Gasteiger partial charge in [-0.3, -0.25) is 4.79 Å². The first kappa shape index (κ1) is 12.7. The highest BCUT2D eigenvalue weighted by Crippen LogP contribution is 2.21. The summed E-state index contributed by atoms with van der Waals surface area (Å²) in [4.78, 5) is 11.5. The maximum atomic E-state index is 11.5. The first-order valence-corrected chi connectivity index (χ1v) is 6.33. The summed E-state index contributed by atoms with van der Waals surface area (Å²) in [5.74, 6) is 1.48. The monoisotopic (exact) mass is 246 g/mol. The molecule has 0 spiro atoms. The van der Waals surface area contributed by atoms with Crippen molar-refractivity contribution in [3.05, 3.63) is 35.6 Å². The van der Waals surface area contributed by atoms with Crippen LogP contribution < -0.4 is 4.74 Å². The molecule has 0 N–H and O–H groups in total. The molecular formula is C15H18O3. The van der Waals surface area contributed by atoms with Gasteiger partial charge in [-0.05, 0) is 36.6 Å². The zero-order valence-electron chi connectivity index (χ0n) is 10.6. The van der Waals surface area contributed by atoms with Crippen LogP contribution in [-0.4, -0.2) is 13.1 Å². The van der Waals surface area contributed by atoms with Gasteiger partial charge in [0.25, 0.3) is 0 Å². The van der Waals surface area contributed by atoms with Gasteiger partial charge in [-0.1, -0.05) is 18.6 Å². The lowest BCUT2D eigenvalue weighted by Crippen LogP contribution is -2.07. The van der Waals surface area contributed by atoms with E-state index in [1.165, 1.54) is 0 Å². The fraction of sp³-hybridized carbons (Fsp3) is 0.400. The molecule has 0 atom stereocenters. The molecule has 0 unspecified atom stereocenters. The third-order valence-electron chi connectivity index (χ3n) is 2.99. The predicted octanol–water partition coefficient (Wildman–Crippen LogP) is 3.54. The van der Waals surface area contributed by atoms with Crippen LogP contribution in [0.5, 0.6) is 5.75 Å². The molecule has 96 valence electrons. The van der Waals surface area contributed by atoms with E-state index in [1.54, 1.807) is 7.11 Å². The molecular weight excluding hydrogens is 228 g/mol. The Morgan fingerprint density at radius 3 is 2.56 bits per heavy atom. The average molecular weight is 246 g/mol. The van der Waals surface area contributed by atoms with Crippen molar-refractivity contribution in [1.29, 1.82) is 0 Å². The normalized spacial score (nSPS) is 18.9. The second kappa shape index (κ2) is 6.24. The lowest BCUT2D eigenvalue weighted by molar-refractivity contribution is -0.140. The highest BCUT2D eigenvalue weighted by atomic mass is 16.5. The van der Waals surface area contributed by atoms with E-state index in [0.717, 1.165) is 42.8 Å². The van der Waals surface area contributed by atoms with Crippen molar-refractivity contribution >= 4 is 12.0 Å². The van der Waals surface area contributed by atoms with E-state index in [4.69, 9.17) is 9.47 Å². The number of hydrogen-bond acceptors (Lipinski definition) is 3. The molecule has 0 bridgehead atoms. The summed E-state index contributed by atoms with van der Waals surface area (Å²) in [6, 6.07) is 7.71. The Morgan fingerprint density at radius 1 is 1.11 bits per heavy atom. The molecule has 3 nitrogen and oxygen atoms in total. The maximum absolute atomic E-state index is 11.5. The molecule has 0 amide bonds. The van der Waals surface area contributed by atoms with Crippen LogP contribution in [0.4, 0.5) is 0 Å². The standard InChI is InChI=1S/C15H18O3/c1-17-13-9-7-12(8-10-13)11-14-5-3-2-4-6-15(16)18-14/h7-11H,2-6H2,1H3/b14-11+. The smallest absolute Gasteiger partial charge is 0.310 e. The van der Waals surface area contributed by atoms with Gasteiger partial charge in [0.15, 0.2) is 0 Å². The van der Waals surface area contributed by atoms with E-state index >= 15 is 0 Å². The van der Waals surface area contributed by atoms with Gasteiger partial charge >= 0.3 is 5.97 Å². The van der Waals surface area contributed by atoms with E-state index < -0.39 is 0 Å². The van der Waals surface area contributed by atoms with E-state index in [9.17, 15) is 4.79 Å². The lowest BCUT2D eigenvalue weighted by atomic mass is 10.1. The lowest BCUT2D eigenvalue weighted by Gasteiger charge is -2.12. The Hall–Kier alpha value is -1.77. The number of hydrogen-bond donors (Lipinski definition) is 0. The number of esters is 1. The minimum Gasteiger partial charge on any atom is -0.497 e. The van der Waals surface area contributed by atoms with Gasteiger partial charge in [-0.2, -0.15) is 0 Å². The molecule has 0 radical (unpaired) electrons. The van der Waals surface area contributed by atoms with Crippen LogP contribution in [0.25, 0.3) is 6.08 Å². The van der Waals surface area contributed by atoms with Crippen molar-refractivity contribution in [3.63, 3.8) is 0 Å². The number of benzene rings is 1. The first-order chi connectivity index (χ1) is 8.78. The topological polar surface area (TPSA) is 35.5 Å². The number of rotatable bonds is 2. The van der Waals surface area contributed by atoms with Crippen LogP contribution in [-0.2, 0) is 9.53 Å². The number of cyclic esters (lactones) is 1. The predicted molar refractivity (Wildman–Crippen MR) is 70.1 cm³/mol. The largest absolute Gasteiger partial charge is 0.497 e. The first-order valence-electron chi connectivity index (χ1n) is 6.33. The molecule has 1 aromatic rings. The van der Waals surface area contributed by atoms with Crippen LogP contribution in [0.15, 0.2) is 30.0 Å². The maximum Gasteiger partial charge on any atom is 0.310 e. The van der Waals surface area contributed by atoms with Crippen molar-refractivity contribution in [2.45, 2.75) is 32.1 Å². The molecule has 0 saturated carbocycles. The van der Waals surface area contributed by atoms with Crippen LogP contribution in [0.3, 0.4) is 0 Å². The van der Waals surface area contributed by atoms with Crippen molar-refractivity contribution in [2.24, 2.45) is 0 Å². The van der Waals surface area contributed by atoms with E-state index in [1.807, 2.05) is 30.3 Å². The quantitative estimate of drug-likeness (QED) is 0.749. The summed E-state index contributed by atoms with van der Waals surface area (Å²) in [6.07, 6.45) is 6.40. The summed E-state index contributed by atoms with van der Waals surface area (Å²) in [5.41, 5.74) is 1.03. The SMILES string of the molecule is COc1ccc(/C=C2\CCCCCC(=O)O2)cc1. The fourth-order valence-corrected chi connectivity index (χ4v) is 1.98. The molecule has 18 heavy (non-hydrogen) atoms. The van der Waals surface area contributed by atoms with E-state index in [2.05, 4.69) is 0 Å². The zero-order valence-corrected chi connectivity index (χ0v) is 10.6. The minimum absolute atomic E-state index is 0.116. The Labute approximate surface area is 107 Å². The molecule has 1 fully saturated rings. The number of ether oxygens (including phenoxy) is 2. The molecule has 0 aromatic heterocycles. The van der Waals surface area contributed by atoms with Gasteiger partial charge in [0, 0.05) is 12.8 Å². The Balaban J connectivity index is 2.10. The second-order valence-electron chi connectivity index (χ2n) is 4.42. The van der Waals surface area contributed by atoms with Gasteiger partial charge < -0.3 is 9.47 Å². The summed E-state index contributed by atoms with van der Waals surface area (Å²) in [6.45, 7) is 0. The number of carbonyl (C=O) groups is 1. The highest BCUT2D eigenvalue weighted by molar-refractivity contribution is 5.71. The van der Waals surface area contributed by atoms with Gasteiger partial charge in [0.1, 0.15) is 11.5 Å². The molecule has 1 aromatic carbocycles. The van der Waals surface area contributed by atoms with Crippen LogP contribution in [0.2, 0.25) is 0 Å². The molecule has 2 rings (SSSR count). The van der Waals surface area contributed by atoms with Crippen molar-refractivity contribution in [2.75, 3.05) is 7.11 Å². The van der Waals surface area contributed by atoms with Crippen molar-refractivity contribution < 1.29 is 14.3 Å². The minimum atomic E-state index is -0.116. The summed E-state index contributed by atoms with van der Waals surface area (Å²) in [5, 5.41) is 0. The van der Waals surface area contributed by atoms with Crippen LogP contribution in [0, 0.1) is 0 Å². The second-order valence-corrected chi connectivity index (χ2v) is 4.42. The molecule has 3 heteroatoms. The fourth-order valence-electron chi connectivity index (χ4n) is 1.98. The third-order valence-corrected chi connectivity index (χ3v) is 2.99. The van der Waals surface area contributed by atoms with Gasteiger partial charge in [-0.15, -0.1) is 0 Å². The van der Waals surface area contributed by atoms with Gasteiger partial charge in [0.05, 0.1) is 7.11 Å². The molecule has 1 aliphatic rings. The Bertz CT molecular complexity index is 432. The van der Waals surface area contributed by atoms with Crippen molar-refractivity contribution in [1.82, 2.24) is 0 Å². The van der Waals surface area contributed by atoms with Gasteiger partial charge in [0.2, 0.25) is 0 Å². The van der Waals surface area contributed by atoms with Crippen LogP contribution in [0.1, 0.15) is 37.7 Å². The molecule has 1 saturated heterocycles. The highest BCUT2D eigenvalue weighted by Gasteiger charge is 2.11. The van der Waals surface area contributed by atoms with Crippen LogP contribution >= 0.6 is 0 Å². The Kier molecular flexibility index (Phi) is 4.40. The summed E-state index contributed by atoms with van der Waals surface area (Å²) < 4.78 is 10.4. The molecule has 1 heterocycles.